The molecule has 0 saturated carbocycles. The molecule has 19 heavy (non-hydrogen) atoms. The van der Waals surface area contributed by atoms with E-state index in [0.29, 0.717) is 16.4 Å². The van der Waals surface area contributed by atoms with Crippen molar-refractivity contribution in [2.24, 2.45) is 7.05 Å². The highest BCUT2D eigenvalue weighted by Crippen LogP contribution is 2.22. The van der Waals surface area contributed by atoms with Gasteiger partial charge in [0, 0.05) is 13.2 Å². The Morgan fingerprint density at radius 1 is 1.53 bits per heavy atom. The number of aryl methyl sites for hydroxylation is 2. The van der Waals surface area contributed by atoms with Crippen molar-refractivity contribution in [1.29, 1.82) is 0 Å². The van der Waals surface area contributed by atoms with Gasteiger partial charge in [0.1, 0.15) is 5.69 Å². The first kappa shape index (κ1) is 13.5. The van der Waals surface area contributed by atoms with Crippen LogP contribution in [0.25, 0.3) is 0 Å². The molecule has 0 atom stereocenters. The van der Waals surface area contributed by atoms with Crippen LogP contribution in [0.1, 0.15) is 28.8 Å². The normalized spacial score (nSPS) is 10.7. The van der Waals surface area contributed by atoms with Crippen LogP contribution in [-0.4, -0.2) is 20.5 Å². The minimum absolute atomic E-state index is 0.142. The fourth-order valence-electron chi connectivity index (χ4n) is 1.90. The highest BCUT2D eigenvalue weighted by Gasteiger charge is 2.19. The molecule has 0 bridgehead atoms. The van der Waals surface area contributed by atoms with Crippen LogP contribution < -0.4 is 5.73 Å². The van der Waals surface area contributed by atoms with E-state index in [2.05, 4.69) is 10.1 Å². The Morgan fingerprint density at radius 2 is 2.26 bits per heavy atom. The molecule has 100 valence electrons. The molecule has 0 unspecified atom stereocenters. The van der Waals surface area contributed by atoms with E-state index >= 15 is 0 Å². The summed E-state index contributed by atoms with van der Waals surface area (Å²) in [5.74, 6) is -0.161. The van der Waals surface area contributed by atoms with Gasteiger partial charge in [-0.2, -0.15) is 5.10 Å². The second kappa shape index (κ2) is 5.40. The van der Waals surface area contributed by atoms with Crippen LogP contribution in [0.15, 0.2) is 18.3 Å². The maximum absolute atomic E-state index is 12.2. The highest BCUT2D eigenvalue weighted by atomic mass is 35.5. The zero-order valence-electron chi connectivity index (χ0n) is 10.9. The Morgan fingerprint density at radius 3 is 2.84 bits per heavy atom. The molecule has 2 rings (SSSR count). The molecule has 0 aliphatic heterocycles. The minimum Gasteiger partial charge on any atom is -0.397 e. The average molecular weight is 279 g/mol. The summed E-state index contributed by atoms with van der Waals surface area (Å²) < 4.78 is 1.64. The zero-order valence-corrected chi connectivity index (χ0v) is 11.6. The quantitative estimate of drug-likeness (QED) is 0.869. The van der Waals surface area contributed by atoms with E-state index in [4.69, 9.17) is 17.3 Å². The number of rotatable bonds is 4. The number of halogens is 1. The van der Waals surface area contributed by atoms with Crippen molar-refractivity contribution < 1.29 is 4.79 Å². The molecule has 2 aromatic rings. The number of nitrogens with zero attached hydrogens (tertiary/aromatic N) is 3. The molecular weight excluding hydrogens is 264 g/mol. The summed E-state index contributed by atoms with van der Waals surface area (Å²) >= 11 is 6.21. The maximum atomic E-state index is 12.2. The molecule has 0 radical (unpaired) electrons. The van der Waals surface area contributed by atoms with Crippen molar-refractivity contribution in [2.45, 2.75) is 19.8 Å². The van der Waals surface area contributed by atoms with Crippen LogP contribution in [0.2, 0.25) is 5.02 Å². The van der Waals surface area contributed by atoms with E-state index in [0.717, 1.165) is 12.1 Å². The summed E-state index contributed by atoms with van der Waals surface area (Å²) in [6.07, 6.45) is 2.42. The number of ketones is 1. The van der Waals surface area contributed by atoms with Gasteiger partial charge < -0.3 is 5.73 Å². The molecular formula is C13H15ClN4O. The number of anilines is 1. The monoisotopic (exact) mass is 278 g/mol. The highest BCUT2D eigenvalue weighted by molar-refractivity contribution is 6.32. The summed E-state index contributed by atoms with van der Waals surface area (Å²) in [5, 5.41) is 4.83. The van der Waals surface area contributed by atoms with Crippen molar-refractivity contribution in [3.8, 4) is 0 Å². The largest absolute Gasteiger partial charge is 0.397 e. The van der Waals surface area contributed by atoms with Crippen molar-refractivity contribution in [3.63, 3.8) is 0 Å². The number of pyridine rings is 1. The maximum Gasteiger partial charge on any atom is 0.189 e. The lowest BCUT2D eigenvalue weighted by molar-refractivity contribution is 0.0987. The number of hydrogen-bond donors (Lipinski definition) is 1. The van der Waals surface area contributed by atoms with Crippen molar-refractivity contribution in [1.82, 2.24) is 14.8 Å². The Kier molecular flexibility index (Phi) is 3.85. The fraction of sp³-hybridized carbons (Fsp3) is 0.308. The van der Waals surface area contributed by atoms with E-state index in [1.807, 2.05) is 6.92 Å². The molecule has 5 nitrogen and oxygen atoms in total. The van der Waals surface area contributed by atoms with Crippen LogP contribution >= 0.6 is 11.6 Å². The van der Waals surface area contributed by atoms with Crippen molar-refractivity contribution in [2.75, 3.05) is 5.73 Å². The van der Waals surface area contributed by atoms with Crippen LogP contribution in [0.3, 0.4) is 0 Å². The lowest BCUT2D eigenvalue weighted by Gasteiger charge is -2.04. The van der Waals surface area contributed by atoms with E-state index < -0.39 is 0 Å². The lowest BCUT2D eigenvalue weighted by atomic mass is 10.1. The molecule has 0 aliphatic carbocycles. The van der Waals surface area contributed by atoms with E-state index in [1.165, 1.54) is 0 Å². The second-order valence-electron chi connectivity index (χ2n) is 4.23. The SMILES string of the molecule is CCc1nn(C)c(CC(=O)c2ncccc2N)c1Cl. The predicted octanol–water partition coefficient (Wildman–Crippen LogP) is 2.04. The zero-order chi connectivity index (χ0) is 14.0. The van der Waals surface area contributed by atoms with E-state index in [1.54, 1.807) is 30.1 Å². The smallest absolute Gasteiger partial charge is 0.189 e. The van der Waals surface area contributed by atoms with Gasteiger partial charge in [-0.3, -0.25) is 14.5 Å². The molecule has 2 heterocycles. The first-order valence-electron chi connectivity index (χ1n) is 5.98. The number of aromatic nitrogens is 3. The number of carbonyl (C=O) groups is 1. The minimum atomic E-state index is -0.161. The van der Waals surface area contributed by atoms with Crippen LogP contribution in [0.5, 0.6) is 0 Å². The topological polar surface area (TPSA) is 73.8 Å². The van der Waals surface area contributed by atoms with Gasteiger partial charge in [0.15, 0.2) is 5.78 Å². The molecule has 2 aromatic heterocycles. The summed E-state index contributed by atoms with van der Waals surface area (Å²) in [7, 11) is 1.77. The van der Waals surface area contributed by atoms with Crippen molar-refractivity contribution in [3.05, 3.63) is 40.4 Å². The molecule has 0 aromatic carbocycles. The van der Waals surface area contributed by atoms with Crippen LogP contribution in [0.4, 0.5) is 5.69 Å². The molecule has 0 spiro atoms. The second-order valence-corrected chi connectivity index (χ2v) is 4.60. The molecule has 2 N–H and O–H groups in total. The first-order valence-corrected chi connectivity index (χ1v) is 6.36. The lowest BCUT2D eigenvalue weighted by Crippen LogP contribution is -2.12. The van der Waals surface area contributed by atoms with Gasteiger partial charge in [0.2, 0.25) is 0 Å². The van der Waals surface area contributed by atoms with Gasteiger partial charge in [-0.05, 0) is 18.6 Å². The predicted molar refractivity (Wildman–Crippen MR) is 74.3 cm³/mol. The molecule has 0 amide bonds. The summed E-state index contributed by atoms with van der Waals surface area (Å²) in [5.41, 5.74) is 7.88. The third-order valence-electron chi connectivity index (χ3n) is 2.93. The van der Waals surface area contributed by atoms with Crippen LogP contribution in [-0.2, 0) is 19.9 Å². The van der Waals surface area contributed by atoms with E-state index in [9.17, 15) is 4.79 Å². The van der Waals surface area contributed by atoms with Crippen molar-refractivity contribution >= 4 is 23.1 Å². The van der Waals surface area contributed by atoms with Gasteiger partial charge >= 0.3 is 0 Å². The number of Topliss-reactive ketones (excluding diaryl/α,β-unsaturated/α-hetero) is 1. The van der Waals surface area contributed by atoms with Crippen LogP contribution in [0, 0.1) is 0 Å². The Balaban J connectivity index is 2.30. The molecule has 0 aliphatic rings. The standard InChI is InChI=1S/C13H15ClN4O/c1-3-9-12(14)10(18(2)17-9)7-11(19)13-8(15)5-4-6-16-13/h4-6H,3,7,15H2,1-2H3. The third kappa shape index (κ3) is 2.61. The third-order valence-corrected chi connectivity index (χ3v) is 3.37. The van der Waals surface area contributed by atoms with Gasteiger partial charge in [-0.25, -0.2) is 0 Å². The molecule has 0 saturated heterocycles. The molecule has 6 heteroatoms. The average Bonchev–Trinajstić information content (AvgIpc) is 2.66. The van der Waals surface area contributed by atoms with Gasteiger partial charge in [0.25, 0.3) is 0 Å². The number of carbonyl (C=O) groups excluding carboxylic acids is 1. The number of nitrogen functional groups attached to an aromatic ring is 1. The Labute approximate surface area is 116 Å². The Hall–Kier alpha value is -1.88. The summed E-state index contributed by atoms with van der Waals surface area (Å²) in [4.78, 5) is 16.2. The molecule has 0 fully saturated rings. The first-order chi connectivity index (χ1) is 9.04. The van der Waals surface area contributed by atoms with Gasteiger partial charge in [0.05, 0.1) is 28.5 Å². The van der Waals surface area contributed by atoms with Gasteiger partial charge in [-0.15, -0.1) is 0 Å². The number of nitrogens with two attached hydrogens (primary N) is 1. The van der Waals surface area contributed by atoms with Gasteiger partial charge in [-0.1, -0.05) is 18.5 Å². The summed E-state index contributed by atoms with van der Waals surface area (Å²) in [6, 6.07) is 3.35. The van der Waals surface area contributed by atoms with E-state index in [-0.39, 0.29) is 17.9 Å². The fourth-order valence-corrected chi connectivity index (χ4v) is 2.26. The number of hydrogen-bond acceptors (Lipinski definition) is 4. The Bertz CT molecular complexity index is 621. The summed E-state index contributed by atoms with van der Waals surface area (Å²) in [6.45, 7) is 1.97.